The van der Waals surface area contributed by atoms with E-state index in [1.807, 2.05) is 11.6 Å². The number of nitrogens with one attached hydrogen (secondary N) is 2. The van der Waals surface area contributed by atoms with Gasteiger partial charge in [0.2, 0.25) is 5.91 Å². The van der Waals surface area contributed by atoms with E-state index < -0.39 is 0 Å². The van der Waals surface area contributed by atoms with Crippen LogP contribution in [-0.4, -0.2) is 58.8 Å². The van der Waals surface area contributed by atoms with Crippen LogP contribution in [0, 0.1) is 5.92 Å². The van der Waals surface area contributed by atoms with Gasteiger partial charge in [0.15, 0.2) is 11.0 Å². The van der Waals surface area contributed by atoms with Crippen molar-refractivity contribution in [1.82, 2.24) is 20.1 Å². The number of aromatic nitrogens is 3. The zero-order valence-electron chi connectivity index (χ0n) is 15.3. The summed E-state index contributed by atoms with van der Waals surface area (Å²) in [4.78, 5) is 13.7. The Hall–Kier alpha value is -1.12. The fourth-order valence-corrected chi connectivity index (χ4v) is 4.34. The zero-order valence-corrected chi connectivity index (χ0v) is 16.1. The van der Waals surface area contributed by atoms with Crippen molar-refractivity contribution in [3.8, 4) is 0 Å². The maximum Gasteiger partial charge on any atom is 0.230 e. The molecule has 1 aromatic rings. The highest BCUT2D eigenvalue weighted by molar-refractivity contribution is 7.99. The summed E-state index contributed by atoms with van der Waals surface area (Å²) in [6.45, 7) is 6.75. The highest BCUT2D eigenvalue weighted by Gasteiger charge is 2.23. The van der Waals surface area contributed by atoms with Crippen molar-refractivity contribution in [2.45, 2.75) is 50.4 Å². The molecule has 3 rings (SSSR count). The molecule has 1 amide bonds. The van der Waals surface area contributed by atoms with Gasteiger partial charge in [-0.05, 0) is 18.8 Å². The van der Waals surface area contributed by atoms with E-state index in [0.29, 0.717) is 17.7 Å². The summed E-state index contributed by atoms with van der Waals surface area (Å²) < 4.78 is 7.41. The molecule has 2 heterocycles. The average Bonchev–Trinajstić information content (AvgIpc) is 2.96. The number of ether oxygens (including phenoxy) is 1. The molecule has 25 heavy (non-hydrogen) atoms. The monoisotopic (exact) mass is 368 g/mol. The average molecular weight is 369 g/mol. The number of thioether (sulfide) groups is 1. The summed E-state index contributed by atoms with van der Waals surface area (Å²) in [5, 5.41) is 12.6. The van der Waals surface area contributed by atoms with Crippen molar-refractivity contribution in [2.75, 3.05) is 32.1 Å². The van der Waals surface area contributed by atoms with Crippen LogP contribution in [0.5, 0.6) is 0 Å². The van der Waals surface area contributed by atoms with E-state index in [0.717, 1.165) is 50.2 Å². The molecule has 1 saturated carbocycles. The topological polar surface area (TPSA) is 73.5 Å². The van der Waals surface area contributed by atoms with E-state index in [4.69, 9.17) is 4.74 Å². The Balaban J connectivity index is 1.47. The fraction of sp³-hybridized carbons (Fsp3) is 0.824. The lowest BCUT2D eigenvalue weighted by Gasteiger charge is -2.29. The number of carbonyl (C=O) groups excluding carboxylic acids is 1. The third-order valence-electron chi connectivity index (χ3n) is 5.32. The summed E-state index contributed by atoms with van der Waals surface area (Å²) in [5.74, 6) is 2.06. The molecule has 0 bridgehead atoms. The predicted octanol–water partition coefficient (Wildman–Crippen LogP) is 0.0172. The Morgan fingerprint density at radius 1 is 1.32 bits per heavy atom. The molecule has 1 aliphatic heterocycles. The van der Waals surface area contributed by atoms with Crippen molar-refractivity contribution in [3.05, 3.63) is 5.82 Å². The maximum absolute atomic E-state index is 12.3. The Labute approximate surface area is 153 Å². The molecule has 2 fully saturated rings. The molecule has 0 spiro atoms. The van der Waals surface area contributed by atoms with Gasteiger partial charge in [-0.3, -0.25) is 4.79 Å². The summed E-state index contributed by atoms with van der Waals surface area (Å²) in [5.41, 5.74) is 0. The number of nitrogens with zero attached hydrogens (tertiary/aromatic N) is 3. The third-order valence-corrected chi connectivity index (χ3v) is 6.34. The van der Waals surface area contributed by atoms with E-state index in [2.05, 4.69) is 22.4 Å². The minimum absolute atomic E-state index is 0.104. The molecule has 1 aliphatic carbocycles. The van der Waals surface area contributed by atoms with Crippen molar-refractivity contribution >= 4 is 17.7 Å². The molecule has 8 heteroatoms. The second-order valence-corrected chi connectivity index (χ2v) is 8.16. The highest BCUT2D eigenvalue weighted by Crippen LogP contribution is 2.24. The number of hydrogen-bond acceptors (Lipinski definition) is 5. The molecule has 0 aromatic carbocycles. The molecule has 2 atom stereocenters. The van der Waals surface area contributed by atoms with Crippen molar-refractivity contribution in [1.29, 1.82) is 0 Å². The molecule has 0 unspecified atom stereocenters. The summed E-state index contributed by atoms with van der Waals surface area (Å²) >= 11 is 1.47. The number of hydrogen-bond donors (Lipinski definition) is 2. The van der Waals surface area contributed by atoms with Crippen molar-refractivity contribution < 1.29 is 14.4 Å². The molecule has 2 N–H and O–H groups in total. The zero-order chi connectivity index (χ0) is 17.6. The van der Waals surface area contributed by atoms with Crippen LogP contribution in [0.4, 0.5) is 0 Å². The number of quaternary nitrogens is 1. The number of morpholine rings is 1. The molecular weight excluding hydrogens is 338 g/mol. The van der Waals surface area contributed by atoms with Crippen LogP contribution in [0.3, 0.4) is 0 Å². The molecule has 2 aliphatic rings. The second-order valence-electron chi connectivity index (χ2n) is 7.22. The number of amides is 1. The maximum atomic E-state index is 12.3. The standard InChI is InChI=1S/C17H29N5O2S/c1-13-5-3-4-6-14(13)18-16(23)12-25-17-20-19-15(21(17)2)11-22-7-9-24-10-8-22/h13-14H,3-12H2,1-2H3,(H,18,23)/p+1/t13-,14+/m0/s1. The molecule has 7 nitrogen and oxygen atoms in total. The SMILES string of the molecule is C[C@H]1CCCC[C@H]1NC(=O)CSc1nnc(C[NH+]2CCOCC2)n1C. The Morgan fingerprint density at radius 3 is 2.84 bits per heavy atom. The van der Waals surface area contributed by atoms with Gasteiger partial charge in [-0.1, -0.05) is 31.5 Å². The van der Waals surface area contributed by atoms with Gasteiger partial charge in [-0.15, -0.1) is 10.2 Å². The highest BCUT2D eigenvalue weighted by atomic mass is 32.2. The van der Waals surface area contributed by atoms with E-state index >= 15 is 0 Å². The van der Waals surface area contributed by atoms with Crippen LogP contribution in [-0.2, 0) is 23.1 Å². The first kappa shape index (κ1) is 18.7. The quantitative estimate of drug-likeness (QED) is 0.693. The summed E-state index contributed by atoms with van der Waals surface area (Å²) in [6, 6.07) is 0.335. The Kier molecular flexibility index (Phi) is 6.72. The normalized spacial score (nSPS) is 25.0. The summed E-state index contributed by atoms with van der Waals surface area (Å²) in [6.07, 6.45) is 4.83. The van der Waals surface area contributed by atoms with E-state index in [9.17, 15) is 4.79 Å². The smallest absolute Gasteiger partial charge is 0.230 e. The minimum Gasteiger partial charge on any atom is -0.370 e. The van der Waals surface area contributed by atoms with Gasteiger partial charge in [0.25, 0.3) is 0 Å². The van der Waals surface area contributed by atoms with E-state index in [1.165, 1.54) is 35.9 Å². The third kappa shape index (κ3) is 5.18. The Bertz CT molecular complexity index is 573. The van der Waals surface area contributed by atoms with Crippen LogP contribution < -0.4 is 10.2 Å². The van der Waals surface area contributed by atoms with Gasteiger partial charge in [0.05, 0.1) is 19.0 Å². The molecule has 1 saturated heterocycles. The van der Waals surface area contributed by atoms with Gasteiger partial charge in [0, 0.05) is 13.1 Å². The lowest BCUT2D eigenvalue weighted by Crippen LogP contribution is -3.12. The number of carbonyl (C=O) groups is 1. The van der Waals surface area contributed by atoms with Gasteiger partial charge >= 0.3 is 0 Å². The number of rotatable bonds is 6. The van der Waals surface area contributed by atoms with Gasteiger partial charge < -0.3 is 19.5 Å². The fourth-order valence-electron chi connectivity index (χ4n) is 3.59. The molecular formula is C17H30N5O2S+. The van der Waals surface area contributed by atoms with Crippen LogP contribution in [0.15, 0.2) is 5.16 Å². The first-order chi connectivity index (χ1) is 12.1. The first-order valence-corrected chi connectivity index (χ1v) is 10.3. The van der Waals surface area contributed by atoms with Gasteiger partial charge in [-0.25, -0.2) is 0 Å². The van der Waals surface area contributed by atoms with Crippen LogP contribution in [0.2, 0.25) is 0 Å². The lowest BCUT2D eigenvalue weighted by atomic mass is 9.86. The van der Waals surface area contributed by atoms with E-state index in [-0.39, 0.29) is 5.91 Å². The van der Waals surface area contributed by atoms with Crippen LogP contribution in [0.25, 0.3) is 0 Å². The van der Waals surface area contributed by atoms with Gasteiger partial charge in [0.1, 0.15) is 19.6 Å². The van der Waals surface area contributed by atoms with Crippen molar-refractivity contribution in [3.63, 3.8) is 0 Å². The van der Waals surface area contributed by atoms with Crippen LogP contribution >= 0.6 is 11.8 Å². The summed E-state index contributed by atoms with van der Waals surface area (Å²) in [7, 11) is 1.98. The lowest BCUT2D eigenvalue weighted by molar-refractivity contribution is -0.922. The van der Waals surface area contributed by atoms with Gasteiger partial charge in [-0.2, -0.15) is 0 Å². The molecule has 0 radical (unpaired) electrons. The Morgan fingerprint density at radius 2 is 2.08 bits per heavy atom. The molecule has 140 valence electrons. The first-order valence-electron chi connectivity index (χ1n) is 9.35. The van der Waals surface area contributed by atoms with Crippen LogP contribution in [0.1, 0.15) is 38.4 Å². The molecule has 1 aromatic heterocycles. The predicted molar refractivity (Wildman–Crippen MR) is 96.5 cm³/mol. The largest absolute Gasteiger partial charge is 0.370 e. The van der Waals surface area contributed by atoms with Crippen molar-refractivity contribution in [2.24, 2.45) is 13.0 Å². The minimum atomic E-state index is 0.104. The van der Waals surface area contributed by atoms with E-state index in [1.54, 1.807) is 0 Å². The second kappa shape index (κ2) is 9.00.